The van der Waals surface area contributed by atoms with E-state index in [1.165, 1.54) is 24.3 Å². The van der Waals surface area contributed by atoms with E-state index in [0.717, 1.165) is 12.1 Å². The van der Waals surface area contributed by atoms with Crippen LogP contribution in [-0.4, -0.2) is 35.1 Å². The lowest BCUT2D eigenvalue weighted by Crippen LogP contribution is -2.41. The third-order valence-electron chi connectivity index (χ3n) is 3.60. The molecule has 0 spiro atoms. The van der Waals surface area contributed by atoms with Gasteiger partial charge in [-0.05, 0) is 36.4 Å². The van der Waals surface area contributed by atoms with Crippen molar-refractivity contribution in [2.45, 2.75) is 12.3 Å². The number of hydroxylamine groups is 2. The highest BCUT2D eigenvalue weighted by atomic mass is 19.4. The maximum Gasteiger partial charge on any atom is 0.499 e. The van der Waals surface area contributed by atoms with E-state index in [-0.39, 0.29) is 21.8 Å². The molecule has 6 nitrogen and oxygen atoms in total. The molecule has 1 heterocycles. The van der Waals surface area contributed by atoms with Gasteiger partial charge in [0, 0.05) is 0 Å². The number of amides is 2. The SMILES string of the molecule is O=C(ON1C(=O)c2ccccc2C1=O)c1ccc(OC(F)(F)C(F)(F)F)cc1. The molecule has 2 amide bonds. The van der Waals surface area contributed by atoms with Gasteiger partial charge in [0.2, 0.25) is 0 Å². The van der Waals surface area contributed by atoms with Crippen molar-refractivity contribution in [3.63, 3.8) is 0 Å². The Balaban J connectivity index is 1.71. The van der Waals surface area contributed by atoms with Gasteiger partial charge in [0.25, 0.3) is 11.8 Å². The summed E-state index contributed by atoms with van der Waals surface area (Å²) in [6, 6.07) is 8.75. The second-order valence-electron chi connectivity index (χ2n) is 5.47. The van der Waals surface area contributed by atoms with Crippen molar-refractivity contribution < 1.29 is 45.9 Å². The first-order chi connectivity index (χ1) is 13.0. The molecule has 146 valence electrons. The molecule has 0 aromatic heterocycles. The van der Waals surface area contributed by atoms with E-state index < -0.39 is 35.8 Å². The molecule has 0 fully saturated rings. The van der Waals surface area contributed by atoms with Crippen LogP contribution in [0.1, 0.15) is 31.1 Å². The van der Waals surface area contributed by atoms with Gasteiger partial charge in [-0.25, -0.2) is 4.79 Å². The molecule has 2 aromatic rings. The summed E-state index contributed by atoms with van der Waals surface area (Å²) in [4.78, 5) is 41.0. The van der Waals surface area contributed by atoms with Crippen molar-refractivity contribution in [3.8, 4) is 5.75 Å². The number of ether oxygens (including phenoxy) is 1. The first-order valence-corrected chi connectivity index (χ1v) is 7.45. The third kappa shape index (κ3) is 3.38. The van der Waals surface area contributed by atoms with Gasteiger partial charge in [-0.2, -0.15) is 22.0 Å². The summed E-state index contributed by atoms with van der Waals surface area (Å²) >= 11 is 0. The van der Waals surface area contributed by atoms with Crippen molar-refractivity contribution in [2.75, 3.05) is 0 Å². The van der Waals surface area contributed by atoms with Gasteiger partial charge < -0.3 is 9.57 Å². The first-order valence-electron chi connectivity index (χ1n) is 7.45. The van der Waals surface area contributed by atoms with E-state index in [4.69, 9.17) is 4.84 Å². The molecule has 28 heavy (non-hydrogen) atoms. The number of rotatable bonds is 4. The lowest BCUT2D eigenvalue weighted by molar-refractivity contribution is -0.360. The second-order valence-corrected chi connectivity index (χ2v) is 5.47. The van der Waals surface area contributed by atoms with Crippen LogP contribution in [0.5, 0.6) is 5.75 Å². The maximum absolute atomic E-state index is 12.8. The quantitative estimate of drug-likeness (QED) is 0.579. The molecule has 2 aromatic carbocycles. The molecular weight excluding hydrogens is 393 g/mol. The van der Waals surface area contributed by atoms with Gasteiger partial charge in [0.05, 0.1) is 16.7 Å². The molecule has 0 radical (unpaired) electrons. The predicted molar refractivity (Wildman–Crippen MR) is 80.4 cm³/mol. The minimum atomic E-state index is -5.92. The average Bonchev–Trinajstić information content (AvgIpc) is 2.86. The normalized spacial score (nSPS) is 14.1. The van der Waals surface area contributed by atoms with Gasteiger partial charge in [-0.1, -0.05) is 17.2 Å². The highest BCUT2D eigenvalue weighted by Crippen LogP contribution is 2.37. The van der Waals surface area contributed by atoms with E-state index in [0.29, 0.717) is 12.1 Å². The Labute approximate surface area is 153 Å². The monoisotopic (exact) mass is 401 g/mol. The summed E-state index contributed by atoms with van der Waals surface area (Å²) in [5.41, 5.74) is -0.268. The van der Waals surface area contributed by atoms with Gasteiger partial charge >= 0.3 is 18.3 Å². The summed E-state index contributed by atoms with van der Waals surface area (Å²) in [7, 11) is 0. The summed E-state index contributed by atoms with van der Waals surface area (Å²) < 4.78 is 65.6. The molecule has 0 bridgehead atoms. The number of carbonyl (C=O) groups excluding carboxylic acids is 3. The number of nitrogens with zero attached hydrogens (tertiary/aromatic N) is 1. The Morgan fingerprint density at radius 1 is 0.821 bits per heavy atom. The molecule has 0 atom stereocenters. The number of fused-ring (bicyclic) bond motifs is 1. The predicted octanol–water partition coefficient (Wildman–Crippen LogP) is 3.59. The number of halogens is 5. The van der Waals surface area contributed by atoms with E-state index in [9.17, 15) is 36.3 Å². The van der Waals surface area contributed by atoms with Gasteiger partial charge in [0.1, 0.15) is 5.75 Å². The summed E-state index contributed by atoms with van der Waals surface area (Å²) in [6.45, 7) is 0. The topological polar surface area (TPSA) is 72.9 Å². The van der Waals surface area contributed by atoms with Crippen LogP contribution in [0.25, 0.3) is 0 Å². The standard InChI is InChI=1S/C17H8F5NO5/c18-16(19,20)17(21,22)27-10-7-5-9(6-8-10)15(26)28-23-13(24)11-3-1-2-4-12(11)14(23)25/h1-8H. The number of carbonyl (C=O) groups is 3. The summed E-state index contributed by atoms with van der Waals surface area (Å²) in [5, 5.41) is 0.231. The van der Waals surface area contributed by atoms with Crippen LogP contribution in [0.4, 0.5) is 22.0 Å². The summed E-state index contributed by atoms with van der Waals surface area (Å²) in [5.74, 6) is -3.82. The number of hydrogen-bond donors (Lipinski definition) is 0. The Hall–Kier alpha value is -3.50. The molecule has 1 aliphatic heterocycles. The van der Waals surface area contributed by atoms with Gasteiger partial charge in [-0.15, -0.1) is 0 Å². The van der Waals surface area contributed by atoms with Crippen LogP contribution < -0.4 is 4.74 Å². The summed E-state index contributed by atoms with van der Waals surface area (Å²) in [6.07, 6.45) is -11.3. The third-order valence-corrected chi connectivity index (χ3v) is 3.60. The van der Waals surface area contributed by atoms with E-state index in [2.05, 4.69) is 4.74 Å². The number of alkyl halides is 5. The zero-order valence-corrected chi connectivity index (χ0v) is 13.5. The van der Waals surface area contributed by atoms with Crippen LogP contribution in [0, 0.1) is 0 Å². The van der Waals surface area contributed by atoms with Gasteiger partial charge in [-0.3, -0.25) is 9.59 Å². The Kier molecular flexibility index (Phi) is 4.53. The fourth-order valence-corrected chi connectivity index (χ4v) is 2.25. The van der Waals surface area contributed by atoms with Crippen molar-refractivity contribution in [3.05, 3.63) is 65.2 Å². The zero-order chi connectivity index (χ0) is 20.7. The van der Waals surface area contributed by atoms with Crippen molar-refractivity contribution in [1.29, 1.82) is 0 Å². The highest BCUT2D eigenvalue weighted by Gasteiger charge is 2.61. The van der Waals surface area contributed by atoms with E-state index in [1.807, 2.05) is 0 Å². The second kappa shape index (κ2) is 6.59. The van der Waals surface area contributed by atoms with Crippen molar-refractivity contribution in [1.82, 2.24) is 5.06 Å². The lowest BCUT2D eigenvalue weighted by atomic mass is 10.1. The molecule has 0 N–H and O–H groups in total. The zero-order valence-electron chi connectivity index (χ0n) is 13.5. The van der Waals surface area contributed by atoms with Crippen LogP contribution in [0.3, 0.4) is 0 Å². The van der Waals surface area contributed by atoms with Crippen molar-refractivity contribution in [2.24, 2.45) is 0 Å². The minimum Gasteiger partial charge on any atom is -0.426 e. The van der Waals surface area contributed by atoms with Crippen LogP contribution in [0.15, 0.2) is 48.5 Å². The lowest BCUT2D eigenvalue weighted by Gasteiger charge is -2.20. The number of benzene rings is 2. The minimum absolute atomic E-state index is 0.0263. The molecular formula is C17H8F5NO5. The van der Waals surface area contributed by atoms with Crippen LogP contribution >= 0.6 is 0 Å². The maximum atomic E-state index is 12.8. The Morgan fingerprint density at radius 3 is 1.79 bits per heavy atom. The largest absolute Gasteiger partial charge is 0.499 e. The van der Waals surface area contributed by atoms with E-state index >= 15 is 0 Å². The van der Waals surface area contributed by atoms with Crippen LogP contribution in [0.2, 0.25) is 0 Å². The molecule has 11 heteroatoms. The fourth-order valence-electron chi connectivity index (χ4n) is 2.25. The molecule has 0 unspecified atom stereocenters. The van der Waals surface area contributed by atoms with Gasteiger partial charge in [0.15, 0.2) is 0 Å². The molecule has 0 saturated heterocycles. The molecule has 1 aliphatic rings. The Bertz CT molecular complexity index is 920. The highest BCUT2D eigenvalue weighted by molar-refractivity contribution is 6.21. The molecule has 3 rings (SSSR count). The smallest absolute Gasteiger partial charge is 0.426 e. The fraction of sp³-hybridized carbons (Fsp3) is 0.118. The molecule has 0 saturated carbocycles. The van der Waals surface area contributed by atoms with E-state index in [1.54, 1.807) is 0 Å². The van der Waals surface area contributed by atoms with Crippen molar-refractivity contribution >= 4 is 17.8 Å². The first kappa shape index (κ1) is 19.3. The molecule has 0 aliphatic carbocycles. The Morgan fingerprint density at radius 2 is 1.32 bits per heavy atom. The number of imide groups is 1. The van der Waals surface area contributed by atoms with Crippen LogP contribution in [-0.2, 0) is 4.84 Å². The average molecular weight is 401 g/mol. The number of hydrogen-bond acceptors (Lipinski definition) is 5.